The molecule has 0 amide bonds. The smallest absolute Gasteiger partial charge is 0.306 e. The van der Waals surface area contributed by atoms with Gasteiger partial charge in [-0.25, -0.2) is 0 Å². The van der Waals surface area contributed by atoms with Gasteiger partial charge in [0.15, 0.2) is 0 Å². The Morgan fingerprint density at radius 3 is 1.43 bits per heavy atom. The fourth-order valence-corrected chi connectivity index (χ4v) is 2.38. The highest BCUT2D eigenvalue weighted by molar-refractivity contribution is 5.74. The van der Waals surface area contributed by atoms with Crippen LogP contribution < -0.4 is 0 Å². The predicted octanol–water partition coefficient (Wildman–Crippen LogP) is 5.04. The van der Waals surface area contributed by atoms with E-state index in [1.165, 1.54) is 25.7 Å². The van der Waals surface area contributed by atoms with Crippen LogP contribution in [0.25, 0.3) is 0 Å². The van der Waals surface area contributed by atoms with E-state index >= 15 is 0 Å². The van der Waals surface area contributed by atoms with Gasteiger partial charge in [0.2, 0.25) is 0 Å². The van der Waals surface area contributed by atoms with Gasteiger partial charge in [0, 0.05) is 0 Å². The number of unbranched alkanes of at least 4 members (excludes halogenated alkanes) is 6. The Bertz CT molecular complexity index is 293. The van der Waals surface area contributed by atoms with Crippen molar-refractivity contribution >= 4 is 11.9 Å². The van der Waals surface area contributed by atoms with Crippen LogP contribution in [0.1, 0.15) is 91.9 Å². The molecule has 0 aromatic heterocycles. The van der Waals surface area contributed by atoms with Gasteiger partial charge >= 0.3 is 11.9 Å². The van der Waals surface area contributed by atoms with E-state index in [-0.39, 0.29) is 24.8 Å². The van der Waals surface area contributed by atoms with Crippen molar-refractivity contribution in [3.8, 4) is 0 Å². The van der Waals surface area contributed by atoms with E-state index in [0.29, 0.717) is 13.2 Å². The lowest BCUT2D eigenvalue weighted by atomic mass is 9.86. The number of esters is 2. The molecule has 0 radical (unpaired) electrons. The molecule has 0 heterocycles. The van der Waals surface area contributed by atoms with Crippen molar-refractivity contribution in [2.75, 3.05) is 13.2 Å². The average molecular weight is 328 g/mol. The van der Waals surface area contributed by atoms with Crippen molar-refractivity contribution in [2.24, 2.45) is 5.41 Å². The van der Waals surface area contributed by atoms with E-state index in [9.17, 15) is 9.59 Å². The van der Waals surface area contributed by atoms with Gasteiger partial charge in [0.1, 0.15) is 0 Å². The van der Waals surface area contributed by atoms with Gasteiger partial charge in [-0.2, -0.15) is 0 Å². The number of carbonyl (C=O) groups excluding carboxylic acids is 2. The summed E-state index contributed by atoms with van der Waals surface area (Å²) >= 11 is 0. The van der Waals surface area contributed by atoms with Crippen LogP contribution in [0.2, 0.25) is 0 Å². The Morgan fingerprint density at radius 1 is 0.696 bits per heavy atom. The van der Waals surface area contributed by atoms with E-state index in [1.54, 1.807) is 0 Å². The van der Waals surface area contributed by atoms with Gasteiger partial charge in [0.05, 0.1) is 26.1 Å². The van der Waals surface area contributed by atoms with Crippen molar-refractivity contribution in [2.45, 2.75) is 91.9 Å². The van der Waals surface area contributed by atoms with Crippen LogP contribution in [0.15, 0.2) is 0 Å². The fraction of sp³-hybridized carbons (Fsp3) is 0.895. The second-order valence-corrected chi connectivity index (χ2v) is 7.08. The lowest BCUT2D eigenvalue weighted by molar-refractivity contribution is -0.149. The van der Waals surface area contributed by atoms with Crippen LogP contribution in [0.5, 0.6) is 0 Å². The summed E-state index contributed by atoms with van der Waals surface area (Å²) in [6.07, 6.45) is 9.22. The van der Waals surface area contributed by atoms with Gasteiger partial charge in [0.25, 0.3) is 0 Å². The molecule has 4 nitrogen and oxygen atoms in total. The Hall–Kier alpha value is -1.06. The molecule has 0 atom stereocenters. The van der Waals surface area contributed by atoms with Crippen molar-refractivity contribution in [1.29, 1.82) is 0 Å². The first-order valence-electron chi connectivity index (χ1n) is 9.22. The molecule has 0 aliphatic heterocycles. The normalized spacial score (nSPS) is 11.3. The second-order valence-electron chi connectivity index (χ2n) is 7.08. The lowest BCUT2D eigenvalue weighted by Gasteiger charge is -2.22. The molecule has 136 valence electrons. The van der Waals surface area contributed by atoms with Crippen LogP contribution in [0.4, 0.5) is 0 Å². The number of rotatable bonds is 14. The Kier molecular flexibility index (Phi) is 12.8. The SMILES string of the molecule is CCCCCCOC(=O)CC(C)(C)CC(=O)OCCCCCC. The third-order valence-corrected chi connectivity index (χ3v) is 3.77. The van der Waals surface area contributed by atoms with E-state index in [1.807, 2.05) is 13.8 Å². The number of hydrogen-bond acceptors (Lipinski definition) is 4. The van der Waals surface area contributed by atoms with Crippen molar-refractivity contribution in [3.05, 3.63) is 0 Å². The lowest BCUT2D eigenvalue weighted by Crippen LogP contribution is -2.24. The maximum absolute atomic E-state index is 11.8. The highest BCUT2D eigenvalue weighted by atomic mass is 16.5. The minimum Gasteiger partial charge on any atom is -0.466 e. The highest BCUT2D eigenvalue weighted by Gasteiger charge is 2.27. The molecule has 0 unspecified atom stereocenters. The minimum atomic E-state index is -0.416. The van der Waals surface area contributed by atoms with Gasteiger partial charge in [-0.3, -0.25) is 9.59 Å². The Labute approximate surface area is 142 Å². The molecule has 0 aliphatic carbocycles. The van der Waals surface area contributed by atoms with Crippen LogP contribution in [-0.2, 0) is 19.1 Å². The molecule has 0 bridgehead atoms. The van der Waals surface area contributed by atoms with E-state index in [2.05, 4.69) is 13.8 Å². The summed E-state index contributed by atoms with van der Waals surface area (Å²) in [5.41, 5.74) is -0.416. The molecule has 0 aromatic carbocycles. The number of carbonyl (C=O) groups is 2. The molecule has 0 aromatic rings. The van der Waals surface area contributed by atoms with Gasteiger partial charge in [-0.1, -0.05) is 66.2 Å². The third kappa shape index (κ3) is 14.3. The Balaban J connectivity index is 3.83. The maximum atomic E-state index is 11.8. The summed E-state index contributed by atoms with van der Waals surface area (Å²) in [5, 5.41) is 0. The first kappa shape index (κ1) is 21.9. The molecule has 23 heavy (non-hydrogen) atoms. The zero-order valence-electron chi connectivity index (χ0n) is 15.6. The van der Waals surface area contributed by atoms with Crippen molar-refractivity contribution in [3.63, 3.8) is 0 Å². The average Bonchev–Trinajstić information content (AvgIpc) is 2.45. The molecule has 0 saturated heterocycles. The van der Waals surface area contributed by atoms with E-state index < -0.39 is 5.41 Å². The molecule has 0 aliphatic rings. The van der Waals surface area contributed by atoms with Crippen LogP contribution in [0.3, 0.4) is 0 Å². The number of hydrogen-bond donors (Lipinski definition) is 0. The quantitative estimate of drug-likeness (QED) is 0.331. The summed E-state index contributed by atoms with van der Waals surface area (Å²) in [6.45, 7) is 9.08. The molecule has 4 heteroatoms. The van der Waals surface area contributed by atoms with Crippen LogP contribution >= 0.6 is 0 Å². The summed E-state index contributed by atoms with van der Waals surface area (Å²) in [4.78, 5) is 23.7. The summed E-state index contributed by atoms with van der Waals surface area (Å²) in [6, 6.07) is 0. The number of ether oxygens (including phenoxy) is 2. The van der Waals surface area contributed by atoms with Gasteiger partial charge < -0.3 is 9.47 Å². The van der Waals surface area contributed by atoms with E-state index in [0.717, 1.165) is 25.7 Å². The fourth-order valence-electron chi connectivity index (χ4n) is 2.38. The molecule has 0 rings (SSSR count). The molecule has 0 saturated carbocycles. The first-order valence-corrected chi connectivity index (χ1v) is 9.22. The molecule has 0 fully saturated rings. The summed E-state index contributed by atoms with van der Waals surface area (Å²) in [5.74, 6) is -0.440. The zero-order valence-corrected chi connectivity index (χ0v) is 15.6. The molecular formula is C19H36O4. The van der Waals surface area contributed by atoms with Gasteiger partial charge in [-0.05, 0) is 18.3 Å². The predicted molar refractivity (Wildman–Crippen MR) is 93.2 cm³/mol. The van der Waals surface area contributed by atoms with Crippen LogP contribution in [-0.4, -0.2) is 25.2 Å². The zero-order chi connectivity index (χ0) is 17.6. The first-order chi connectivity index (χ1) is 10.9. The summed E-state index contributed by atoms with van der Waals surface area (Å²) < 4.78 is 10.5. The largest absolute Gasteiger partial charge is 0.466 e. The van der Waals surface area contributed by atoms with Crippen molar-refractivity contribution in [1.82, 2.24) is 0 Å². The molecule has 0 N–H and O–H groups in total. The standard InChI is InChI=1S/C19H36O4/c1-5-7-9-11-13-22-17(20)15-19(3,4)16-18(21)23-14-12-10-8-6-2/h5-16H2,1-4H3. The summed E-state index contributed by atoms with van der Waals surface area (Å²) in [7, 11) is 0. The molecular weight excluding hydrogens is 292 g/mol. The monoisotopic (exact) mass is 328 g/mol. The highest BCUT2D eigenvalue weighted by Crippen LogP contribution is 2.26. The van der Waals surface area contributed by atoms with Gasteiger partial charge in [-0.15, -0.1) is 0 Å². The van der Waals surface area contributed by atoms with Crippen LogP contribution in [0, 0.1) is 5.41 Å². The van der Waals surface area contributed by atoms with Crippen molar-refractivity contribution < 1.29 is 19.1 Å². The Morgan fingerprint density at radius 2 is 1.09 bits per heavy atom. The third-order valence-electron chi connectivity index (χ3n) is 3.77. The molecule has 0 spiro atoms. The topological polar surface area (TPSA) is 52.6 Å². The maximum Gasteiger partial charge on any atom is 0.306 e. The second kappa shape index (κ2) is 13.4. The minimum absolute atomic E-state index is 0.220. The van der Waals surface area contributed by atoms with E-state index in [4.69, 9.17) is 9.47 Å².